The van der Waals surface area contributed by atoms with Crippen molar-refractivity contribution < 1.29 is 19.4 Å². The van der Waals surface area contributed by atoms with Crippen LogP contribution in [0.25, 0.3) is 0 Å². The number of aromatic hydroxyl groups is 1. The monoisotopic (exact) mass is 224 g/mol. The molecule has 1 unspecified atom stereocenters. The quantitative estimate of drug-likeness (QED) is 0.476. The molecule has 86 valence electrons. The lowest BCUT2D eigenvalue weighted by molar-refractivity contribution is -0.141. The van der Waals surface area contributed by atoms with Crippen molar-refractivity contribution >= 4 is 18.1 Å². The van der Waals surface area contributed by atoms with Crippen molar-refractivity contribution in [3.63, 3.8) is 0 Å². The van der Waals surface area contributed by atoms with Gasteiger partial charge >= 0.3 is 0 Å². The summed E-state index contributed by atoms with van der Waals surface area (Å²) in [6, 6.07) is 5.88. The fourth-order valence-corrected chi connectivity index (χ4v) is 1.06. The third-order valence-corrected chi connectivity index (χ3v) is 1.86. The van der Waals surface area contributed by atoms with Crippen LogP contribution >= 0.6 is 0 Å². The largest absolute Gasteiger partial charge is 0.508 e. The van der Waals surface area contributed by atoms with E-state index in [9.17, 15) is 9.59 Å². The summed E-state index contributed by atoms with van der Waals surface area (Å²) in [6.07, 6.45) is -1.01. The Bertz CT molecular complexity index is 364. The Morgan fingerprint density at radius 2 is 2.12 bits per heavy atom. The van der Waals surface area contributed by atoms with E-state index in [0.29, 0.717) is 5.69 Å². The third kappa shape index (κ3) is 3.25. The van der Waals surface area contributed by atoms with Crippen molar-refractivity contribution in [2.45, 2.75) is 6.10 Å². The van der Waals surface area contributed by atoms with Crippen molar-refractivity contribution in [1.82, 2.24) is 0 Å². The van der Waals surface area contributed by atoms with E-state index in [1.54, 1.807) is 0 Å². The Hall–Kier alpha value is -2.08. The minimum atomic E-state index is -1.01. The molecule has 0 aliphatic rings. The van der Waals surface area contributed by atoms with Crippen LogP contribution in [0.4, 0.5) is 5.69 Å². The van der Waals surface area contributed by atoms with Gasteiger partial charge in [0, 0.05) is 12.2 Å². The summed E-state index contributed by atoms with van der Waals surface area (Å²) in [5.74, 6) is -0.419. The molecule has 16 heavy (non-hydrogen) atoms. The minimum Gasteiger partial charge on any atom is -0.508 e. The van der Waals surface area contributed by atoms with E-state index in [-0.39, 0.29) is 18.8 Å². The van der Waals surface area contributed by atoms with E-state index < -0.39 is 12.0 Å². The molecule has 0 saturated carbocycles. The third-order valence-electron chi connectivity index (χ3n) is 1.86. The molecule has 1 rings (SSSR count). The molecule has 0 aromatic heterocycles. The van der Waals surface area contributed by atoms with Gasteiger partial charge in [-0.3, -0.25) is 9.59 Å². The number of benzene rings is 1. The SMILES string of the molecule is NCC(OC=O)C(=O)Nc1ccc(O)cc1. The number of phenols is 1. The van der Waals surface area contributed by atoms with Gasteiger partial charge in [-0.25, -0.2) is 0 Å². The van der Waals surface area contributed by atoms with Crippen molar-refractivity contribution in [2.24, 2.45) is 5.73 Å². The highest BCUT2D eigenvalue weighted by Gasteiger charge is 2.17. The van der Waals surface area contributed by atoms with E-state index in [2.05, 4.69) is 10.1 Å². The Kier molecular flexibility index (Phi) is 4.28. The number of carbonyl (C=O) groups excluding carboxylic acids is 2. The maximum absolute atomic E-state index is 11.5. The molecule has 0 bridgehead atoms. The summed E-state index contributed by atoms with van der Waals surface area (Å²) in [6.45, 7) is 0.0799. The molecule has 1 atom stereocenters. The number of phenolic OH excluding ortho intramolecular Hbond substituents is 1. The molecule has 0 heterocycles. The molecule has 0 saturated heterocycles. The predicted octanol–water partition coefficient (Wildman–Crippen LogP) is -0.169. The zero-order valence-electron chi connectivity index (χ0n) is 8.42. The molecule has 1 aromatic rings. The van der Waals surface area contributed by atoms with Crippen molar-refractivity contribution in [1.29, 1.82) is 0 Å². The first-order chi connectivity index (χ1) is 7.67. The topological polar surface area (TPSA) is 102 Å². The van der Waals surface area contributed by atoms with Crippen LogP contribution in [0.15, 0.2) is 24.3 Å². The van der Waals surface area contributed by atoms with Crippen LogP contribution in [0.1, 0.15) is 0 Å². The van der Waals surface area contributed by atoms with Gasteiger partial charge < -0.3 is 20.9 Å². The average molecular weight is 224 g/mol. The van der Waals surface area contributed by atoms with Gasteiger partial charge in [0.15, 0.2) is 6.10 Å². The molecular formula is C10H12N2O4. The van der Waals surface area contributed by atoms with Crippen LogP contribution in [0, 0.1) is 0 Å². The highest BCUT2D eigenvalue weighted by atomic mass is 16.5. The molecule has 0 aliphatic heterocycles. The summed E-state index contributed by atoms with van der Waals surface area (Å²) >= 11 is 0. The zero-order chi connectivity index (χ0) is 12.0. The van der Waals surface area contributed by atoms with Crippen LogP contribution < -0.4 is 11.1 Å². The lowest BCUT2D eigenvalue weighted by atomic mass is 10.2. The second-order valence-corrected chi connectivity index (χ2v) is 2.99. The van der Waals surface area contributed by atoms with Crippen molar-refractivity contribution in [3.8, 4) is 5.75 Å². The van der Waals surface area contributed by atoms with Gasteiger partial charge in [0.25, 0.3) is 12.4 Å². The standard InChI is InChI=1S/C10H12N2O4/c11-5-9(16-6-13)10(15)12-7-1-3-8(14)4-2-7/h1-4,6,9,14H,5,11H2,(H,12,15). The van der Waals surface area contributed by atoms with Crippen molar-refractivity contribution in [2.75, 3.05) is 11.9 Å². The number of carbonyl (C=O) groups is 2. The van der Waals surface area contributed by atoms with Gasteiger partial charge in [0.1, 0.15) is 5.75 Å². The second-order valence-electron chi connectivity index (χ2n) is 2.99. The molecule has 1 amide bonds. The van der Waals surface area contributed by atoms with Crippen molar-refractivity contribution in [3.05, 3.63) is 24.3 Å². The lowest BCUT2D eigenvalue weighted by Gasteiger charge is -2.12. The smallest absolute Gasteiger partial charge is 0.293 e. The van der Waals surface area contributed by atoms with Gasteiger partial charge in [0.05, 0.1) is 0 Å². The average Bonchev–Trinajstić information content (AvgIpc) is 2.29. The molecule has 6 heteroatoms. The molecule has 0 spiro atoms. The summed E-state index contributed by atoms with van der Waals surface area (Å²) in [5, 5.41) is 11.5. The van der Waals surface area contributed by atoms with Crippen LogP contribution in [0.3, 0.4) is 0 Å². The Balaban J connectivity index is 2.62. The van der Waals surface area contributed by atoms with Gasteiger partial charge in [-0.1, -0.05) is 0 Å². The predicted molar refractivity (Wildman–Crippen MR) is 56.7 cm³/mol. The fraction of sp³-hybridized carbons (Fsp3) is 0.200. The van der Waals surface area contributed by atoms with E-state index in [1.807, 2.05) is 0 Å². The molecule has 1 aromatic carbocycles. The number of nitrogens with two attached hydrogens (primary N) is 1. The first-order valence-corrected chi connectivity index (χ1v) is 4.56. The van der Waals surface area contributed by atoms with E-state index in [4.69, 9.17) is 10.8 Å². The second kappa shape index (κ2) is 5.72. The molecule has 0 radical (unpaired) electrons. The Labute approximate surface area is 92.0 Å². The fourth-order valence-electron chi connectivity index (χ4n) is 1.06. The summed E-state index contributed by atoms with van der Waals surface area (Å²) in [4.78, 5) is 21.6. The lowest BCUT2D eigenvalue weighted by Crippen LogP contribution is -2.36. The van der Waals surface area contributed by atoms with Gasteiger partial charge in [-0.05, 0) is 24.3 Å². The summed E-state index contributed by atoms with van der Waals surface area (Å²) in [5.41, 5.74) is 5.73. The molecule has 0 fully saturated rings. The van der Waals surface area contributed by atoms with Crippen LogP contribution in [0.2, 0.25) is 0 Å². The van der Waals surface area contributed by atoms with Crippen LogP contribution in [0.5, 0.6) is 5.75 Å². The van der Waals surface area contributed by atoms with Gasteiger partial charge in [-0.15, -0.1) is 0 Å². The van der Waals surface area contributed by atoms with Crippen LogP contribution in [-0.4, -0.2) is 30.1 Å². The van der Waals surface area contributed by atoms with E-state index in [1.165, 1.54) is 24.3 Å². The van der Waals surface area contributed by atoms with Crippen LogP contribution in [-0.2, 0) is 14.3 Å². The maximum Gasteiger partial charge on any atom is 0.293 e. The Morgan fingerprint density at radius 3 is 2.62 bits per heavy atom. The minimum absolute atomic E-state index is 0.0946. The summed E-state index contributed by atoms with van der Waals surface area (Å²) < 4.78 is 4.48. The highest BCUT2D eigenvalue weighted by Crippen LogP contribution is 2.13. The molecule has 4 N–H and O–H groups in total. The highest BCUT2D eigenvalue weighted by molar-refractivity contribution is 5.94. The number of nitrogens with one attached hydrogen (secondary N) is 1. The van der Waals surface area contributed by atoms with E-state index in [0.717, 1.165) is 0 Å². The number of anilines is 1. The molecular weight excluding hydrogens is 212 g/mol. The number of amides is 1. The number of hydrogen-bond acceptors (Lipinski definition) is 5. The number of hydrogen-bond donors (Lipinski definition) is 3. The van der Waals surface area contributed by atoms with Gasteiger partial charge in [-0.2, -0.15) is 0 Å². The number of rotatable bonds is 5. The number of ether oxygens (including phenoxy) is 1. The summed E-state index contributed by atoms with van der Waals surface area (Å²) in [7, 11) is 0. The zero-order valence-corrected chi connectivity index (χ0v) is 8.42. The van der Waals surface area contributed by atoms with Gasteiger partial charge in [0.2, 0.25) is 0 Å². The first kappa shape index (κ1) is 12.0. The maximum atomic E-state index is 11.5. The normalized spacial score (nSPS) is 11.6. The first-order valence-electron chi connectivity index (χ1n) is 4.56. The van der Waals surface area contributed by atoms with E-state index >= 15 is 0 Å². The molecule has 6 nitrogen and oxygen atoms in total. The molecule has 0 aliphatic carbocycles. The Morgan fingerprint density at radius 1 is 1.50 bits per heavy atom.